The highest BCUT2D eigenvalue weighted by molar-refractivity contribution is 7.47. The number of hydrogen-bond acceptors (Lipinski definition) is 10. The Morgan fingerprint density at radius 3 is 1.76 bits per heavy atom. The van der Waals surface area contributed by atoms with Crippen LogP contribution in [0, 0.1) is 0 Å². The van der Waals surface area contributed by atoms with Gasteiger partial charge in [-0.3, -0.25) is 18.6 Å². The number of rotatable bonds is 39. The van der Waals surface area contributed by atoms with Gasteiger partial charge >= 0.3 is 19.8 Å². The number of aliphatic hydroxyl groups excluding tert-OH is 3. The Labute approximate surface area is 327 Å². The summed E-state index contributed by atoms with van der Waals surface area (Å²) in [6, 6.07) is 0. The molecule has 0 aromatic carbocycles. The summed E-state index contributed by atoms with van der Waals surface area (Å²) >= 11 is 0. The van der Waals surface area contributed by atoms with Crippen LogP contribution in [0.2, 0.25) is 0 Å². The standard InChI is InChI=1S/C42H77O11P/c1-3-5-7-9-11-13-15-17-19-21-23-25-27-30-38(44)31-29-33-42(47)53-40(37-52-54(48,49)51-35-39(45)34-43)36-50-41(46)32-28-26-24-22-20-18-16-14-12-10-8-6-4-2/h17,19,23,25,27,30,38-40,43-45H,3-16,18,20-22,24,26,28-29,31-37H2,1-2H3,(H,48,49)/b19-17+,25-23+,30-27+/t38?,39-,40+/m0/s1. The fraction of sp³-hybridized carbons (Fsp3) is 0.810. The van der Waals surface area contributed by atoms with E-state index in [4.69, 9.17) is 19.1 Å². The van der Waals surface area contributed by atoms with Crippen LogP contribution < -0.4 is 0 Å². The number of phosphoric acid groups is 1. The van der Waals surface area contributed by atoms with E-state index in [1.54, 1.807) is 12.2 Å². The number of carbonyl (C=O) groups is 2. The molecule has 0 bridgehead atoms. The zero-order valence-electron chi connectivity index (χ0n) is 33.8. The smallest absolute Gasteiger partial charge is 0.462 e. The SMILES string of the molecule is CCCCCCCC/C=C/C/C=C/C=C/C(O)CCCC(=O)O[C@H](COC(=O)CCCCCCCCCCCCCCC)COP(=O)(O)OC[C@@H](O)CO. The molecule has 0 spiro atoms. The van der Waals surface area contributed by atoms with Gasteiger partial charge in [-0.15, -0.1) is 0 Å². The zero-order chi connectivity index (χ0) is 40.0. The average molecular weight is 789 g/mol. The van der Waals surface area contributed by atoms with E-state index in [9.17, 15) is 29.3 Å². The molecular formula is C42H77O11P. The highest BCUT2D eigenvalue weighted by Gasteiger charge is 2.27. The molecule has 0 amide bonds. The Morgan fingerprint density at radius 1 is 0.630 bits per heavy atom. The summed E-state index contributed by atoms with van der Waals surface area (Å²) in [6.45, 7) is 2.15. The Bertz CT molecular complexity index is 1020. The summed E-state index contributed by atoms with van der Waals surface area (Å²) in [7, 11) is -4.67. The molecule has 12 heteroatoms. The fourth-order valence-corrected chi connectivity index (χ4v) is 6.38. The third-order valence-electron chi connectivity index (χ3n) is 8.90. The molecule has 0 radical (unpaired) electrons. The molecule has 11 nitrogen and oxygen atoms in total. The molecule has 0 saturated carbocycles. The maximum Gasteiger partial charge on any atom is 0.472 e. The van der Waals surface area contributed by atoms with Crippen LogP contribution in [0.4, 0.5) is 0 Å². The van der Waals surface area contributed by atoms with Gasteiger partial charge in [0.05, 0.1) is 25.9 Å². The molecule has 0 aromatic rings. The number of aliphatic hydroxyl groups is 3. The first-order valence-electron chi connectivity index (χ1n) is 21.1. The van der Waals surface area contributed by atoms with E-state index in [0.29, 0.717) is 19.3 Å². The molecule has 0 rings (SSSR count). The lowest BCUT2D eigenvalue weighted by Crippen LogP contribution is -2.30. The quantitative estimate of drug-likeness (QED) is 0.0154. The number of unbranched alkanes of at least 4 members (excludes halogenated alkanes) is 18. The van der Waals surface area contributed by atoms with Gasteiger partial charge in [-0.25, -0.2) is 4.57 Å². The third kappa shape index (κ3) is 37.1. The molecular weight excluding hydrogens is 711 g/mol. The van der Waals surface area contributed by atoms with Crippen molar-refractivity contribution >= 4 is 19.8 Å². The van der Waals surface area contributed by atoms with E-state index in [1.807, 2.05) is 12.2 Å². The van der Waals surface area contributed by atoms with E-state index in [2.05, 4.69) is 30.5 Å². The summed E-state index contributed by atoms with van der Waals surface area (Å²) in [6.07, 6.45) is 34.3. The zero-order valence-corrected chi connectivity index (χ0v) is 34.7. The second-order valence-corrected chi connectivity index (χ2v) is 15.7. The van der Waals surface area contributed by atoms with Crippen LogP contribution in [0.3, 0.4) is 0 Å². The summed E-state index contributed by atoms with van der Waals surface area (Å²) < 4.78 is 32.5. The van der Waals surface area contributed by atoms with Crippen molar-refractivity contribution < 1.29 is 52.9 Å². The molecule has 0 heterocycles. The maximum atomic E-state index is 12.6. The van der Waals surface area contributed by atoms with Crippen molar-refractivity contribution in [1.82, 2.24) is 0 Å². The molecule has 0 aromatic heterocycles. The predicted octanol–water partition coefficient (Wildman–Crippen LogP) is 9.75. The van der Waals surface area contributed by atoms with Crippen LogP contribution in [0.25, 0.3) is 0 Å². The normalized spacial score (nSPS) is 14.9. The number of esters is 2. The van der Waals surface area contributed by atoms with E-state index < -0.39 is 57.9 Å². The number of carbonyl (C=O) groups excluding carboxylic acids is 2. The molecule has 0 aliphatic carbocycles. The van der Waals surface area contributed by atoms with Crippen LogP contribution in [0.1, 0.15) is 174 Å². The molecule has 316 valence electrons. The van der Waals surface area contributed by atoms with E-state index in [0.717, 1.165) is 32.1 Å². The monoisotopic (exact) mass is 789 g/mol. The van der Waals surface area contributed by atoms with Crippen molar-refractivity contribution in [3.63, 3.8) is 0 Å². The van der Waals surface area contributed by atoms with Crippen molar-refractivity contribution in [3.8, 4) is 0 Å². The lowest BCUT2D eigenvalue weighted by Gasteiger charge is -2.20. The Morgan fingerprint density at radius 2 is 1.17 bits per heavy atom. The summed E-state index contributed by atoms with van der Waals surface area (Å²) in [5.74, 6) is -1.12. The Balaban J connectivity index is 4.51. The van der Waals surface area contributed by atoms with Crippen molar-refractivity contribution in [2.45, 2.75) is 193 Å². The second kappa shape index (κ2) is 38.0. The molecule has 0 aliphatic heterocycles. The van der Waals surface area contributed by atoms with Crippen molar-refractivity contribution in [2.24, 2.45) is 0 Å². The van der Waals surface area contributed by atoms with Gasteiger partial charge in [0.25, 0.3) is 0 Å². The van der Waals surface area contributed by atoms with Gasteiger partial charge in [0.1, 0.15) is 12.7 Å². The number of phosphoric ester groups is 1. The lowest BCUT2D eigenvalue weighted by atomic mass is 10.0. The molecule has 4 atom stereocenters. The minimum atomic E-state index is -4.67. The van der Waals surface area contributed by atoms with E-state index >= 15 is 0 Å². The topological polar surface area (TPSA) is 169 Å². The third-order valence-corrected chi connectivity index (χ3v) is 9.85. The minimum Gasteiger partial charge on any atom is -0.462 e. The molecule has 0 fully saturated rings. The van der Waals surface area contributed by atoms with Crippen LogP contribution in [-0.4, -0.2) is 76.9 Å². The molecule has 54 heavy (non-hydrogen) atoms. The fourth-order valence-electron chi connectivity index (χ4n) is 5.59. The minimum absolute atomic E-state index is 0.0382. The van der Waals surface area contributed by atoms with Gasteiger partial charge in [0.15, 0.2) is 6.10 Å². The summed E-state index contributed by atoms with van der Waals surface area (Å²) in [5.41, 5.74) is 0. The number of hydrogen-bond donors (Lipinski definition) is 4. The van der Waals surface area contributed by atoms with Gasteiger partial charge < -0.3 is 29.7 Å². The largest absolute Gasteiger partial charge is 0.472 e. The number of allylic oxidation sites excluding steroid dienone is 5. The Kier molecular flexibility index (Phi) is 36.7. The van der Waals surface area contributed by atoms with E-state index in [1.165, 1.54) is 96.3 Å². The van der Waals surface area contributed by atoms with Gasteiger partial charge in [-0.05, 0) is 38.5 Å². The van der Waals surface area contributed by atoms with Crippen molar-refractivity contribution in [3.05, 3.63) is 36.5 Å². The first kappa shape index (κ1) is 52.2. The highest BCUT2D eigenvalue weighted by Crippen LogP contribution is 2.43. The molecule has 0 saturated heterocycles. The first-order valence-corrected chi connectivity index (χ1v) is 22.5. The summed E-state index contributed by atoms with van der Waals surface area (Å²) in [5, 5.41) is 28.6. The summed E-state index contributed by atoms with van der Waals surface area (Å²) in [4.78, 5) is 34.9. The van der Waals surface area contributed by atoms with Gasteiger partial charge in [0, 0.05) is 12.8 Å². The van der Waals surface area contributed by atoms with Gasteiger partial charge in [-0.2, -0.15) is 0 Å². The predicted molar refractivity (Wildman–Crippen MR) is 216 cm³/mol. The molecule has 4 N–H and O–H groups in total. The van der Waals surface area contributed by atoms with Crippen molar-refractivity contribution in [2.75, 3.05) is 26.4 Å². The number of ether oxygens (including phenoxy) is 2. The van der Waals surface area contributed by atoms with Crippen LogP contribution >= 0.6 is 7.82 Å². The first-order chi connectivity index (χ1) is 26.1. The average Bonchev–Trinajstić information content (AvgIpc) is 3.15. The molecule has 2 unspecified atom stereocenters. The van der Waals surface area contributed by atoms with Crippen molar-refractivity contribution in [1.29, 1.82) is 0 Å². The maximum absolute atomic E-state index is 12.6. The Hall–Kier alpha value is -1.85. The second-order valence-electron chi connectivity index (χ2n) is 14.2. The molecule has 0 aliphatic rings. The van der Waals surface area contributed by atoms with Gasteiger partial charge in [-0.1, -0.05) is 159 Å². The van der Waals surface area contributed by atoms with Crippen LogP contribution in [0.5, 0.6) is 0 Å². The van der Waals surface area contributed by atoms with Crippen LogP contribution in [-0.2, 0) is 32.7 Å². The highest BCUT2D eigenvalue weighted by atomic mass is 31.2. The van der Waals surface area contributed by atoms with Crippen LogP contribution in [0.15, 0.2) is 36.5 Å². The van der Waals surface area contributed by atoms with E-state index in [-0.39, 0.29) is 19.4 Å². The lowest BCUT2D eigenvalue weighted by molar-refractivity contribution is -0.161. The van der Waals surface area contributed by atoms with Gasteiger partial charge in [0.2, 0.25) is 0 Å².